The summed E-state index contributed by atoms with van der Waals surface area (Å²) in [5.74, 6) is 0.822. The van der Waals surface area contributed by atoms with Crippen LogP contribution in [0.25, 0.3) is 0 Å². The second-order valence-corrected chi connectivity index (χ2v) is 10.4. The first-order chi connectivity index (χ1) is 12.7. The van der Waals surface area contributed by atoms with Gasteiger partial charge in [0.05, 0.1) is 11.5 Å². The van der Waals surface area contributed by atoms with E-state index in [9.17, 15) is 13.2 Å². The molecule has 0 aromatic carbocycles. The molecule has 7 nitrogen and oxygen atoms in total. The molecule has 1 rings (SSSR count). The zero-order valence-corrected chi connectivity index (χ0v) is 21.0. The Labute approximate surface area is 188 Å². The van der Waals surface area contributed by atoms with Crippen LogP contribution in [-0.2, 0) is 14.6 Å². The normalized spacial score (nSPS) is 19.0. The fraction of sp³-hybridized carbons (Fsp3) is 0.895. The van der Waals surface area contributed by atoms with E-state index in [0.29, 0.717) is 19.4 Å². The zero-order chi connectivity index (χ0) is 20.3. The highest BCUT2D eigenvalue weighted by Gasteiger charge is 2.28. The fourth-order valence-electron chi connectivity index (χ4n) is 3.07. The number of unbranched alkanes of at least 4 members (excludes halogenated alkanes) is 2. The molecular formula is C19H39IN4O3S. The van der Waals surface area contributed by atoms with E-state index < -0.39 is 9.84 Å². The average molecular weight is 531 g/mol. The molecule has 0 radical (unpaired) electrons. The molecule has 0 bridgehead atoms. The maximum atomic E-state index is 12.0. The minimum absolute atomic E-state index is 0. The number of nitrogens with zero attached hydrogens (tertiary/aromatic N) is 1. The molecule has 1 atom stereocenters. The van der Waals surface area contributed by atoms with Gasteiger partial charge in [-0.3, -0.25) is 9.79 Å². The highest BCUT2D eigenvalue weighted by atomic mass is 127. The van der Waals surface area contributed by atoms with Gasteiger partial charge in [-0.1, -0.05) is 40.0 Å². The Morgan fingerprint density at radius 2 is 1.89 bits per heavy atom. The Hall–Kier alpha value is -0.580. The molecular weight excluding hydrogens is 491 g/mol. The van der Waals surface area contributed by atoms with Gasteiger partial charge in [0.25, 0.3) is 0 Å². The van der Waals surface area contributed by atoms with Gasteiger partial charge < -0.3 is 16.0 Å². The summed E-state index contributed by atoms with van der Waals surface area (Å²) in [5, 5.41) is 9.21. The summed E-state index contributed by atoms with van der Waals surface area (Å²) >= 11 is 0. The summed E-state index contributed by atoms with van der Waals surface area (Å²) in [6.07, 6.45) is 5.65. The number of rotatable bonds is 11. The van der Waals surface area contributed by atoms with Crippen LogP contribution in [0.3, 0.4) is 0 Å². The number of halogens is 1. The quantitative estimate of drug-likeness (QED) is 0.165. The van der Waals surface area contributed by atoms with E-state index in [-0.39, 0.29) is 52.8 Å². The Kier molecular flexibility index (Phi) is 13.3. The third kappa shape index (κ3) is 12.1. The number of aliphatic imine (C=N–C) groups is 1. The van der Waals surface area contributed by atoms with Crippen molar-refractivity contribution < 1.29 is 13.2 Å². The van der Waals surface area contributed by atoms with Crippen LogP contribution in [0.1, 0.15) is 66.2 Å². The first kappa shape index (κ1) is 27.4. The summed E-state index contributed by atoms with van der Waals surface area (Å²) in [5.41, 5.74) is 0.156. The molecule has 1 saturated heterocycles. The minimum atomic E-state index is -2.97. The van der Waals surface area contributed by atoms with Gasteiger partial charge in [0.1, 0.15) is 0 Å². The molecule has 1 fully saturated rings. The highest BCUT2D eigenvalue weighted by Crippen LogP contribution is 2.23. The molecule has 28 heavy (non-hydrogen) atoms. The van der Waals surface area contributed by atoms with E-state index in [1.807, 2.05) is 6.92 Å². The molecule has 0 saturated carbocycles. The van der Waals surface area contributed by atoms with E-state index in [2.05, 4.69) is 41.7 Å². The molecule has 0 aliphatic carbocycles. The number of carbonyl (C=O) groups excluding carboxylic acids is 1. The van der Waals surface area contributed by atoms with Crippen molar-refractivity contribution >= 4 is 45.7 Å². The molecule has 0 aromatic heterocycles. The van der Waals surface area contributed by atoms with Crippen molar-refractivity contribution in [2.75, 3.05) is 31.1 Å². The first-order valence-corrected chi connectivity index (χ1v) is 12.0. The van der Waals surface area contributed by atoms with Crippen molar-refractivity contribution in [1.29, 1.82) is 0 Å². The van der Waals surface area contributed by atoms with Crippen molar-refractivity contribution in [3.05, 3.63) is 0 Å². The smallest absolute Gasteiger partial charge is 0.222 e. The van der Waals surface area contributed by atoms with E-state index in [1.54, 1.807) is 0 Å². The maximum Gasteiger partial charge on any atom is 0.222 e. The number of amides is 1. The van der Waals surface area contributed by atoms with Crippen LogP contribution in [0.4, 0.5) is 0 Å². The van der Waals surface area contributed by atoms with Gasteiger partial charge >= 0.3 is 0 Å². The van der Waals surface area contributed by atoms with Crippen molar-refractivity contribution in [3.63, 3.8) is 0 Å². The molecule has 166 valence electrons. The topological polar surface area (TPSA) is 99.7 Å². The molecule has 1 unspecified atom stereocenters. The lowest BCUT2D eigenvalue weighted by Gasteiger charge is -2.23. The number of hydrogen-bond donors (Lipinski definition) is 3. The number of carbonyl (C=O) groups is 1. The Morgan fingerprint density at radius 3 is 2.46 bits per heavy atom. The van der Waals surface area contributed by atoms with Crippen LogP contribution < -0.4 is 16.0 Å². The van der Waals surface area contributed by atoms with E-state index in [0.717, 1.165) is 25.5 Å². The Bertz CT molecular complexity index is 594. The zero-order valence-electron chi connectivity index (χ0n) is 17.8. The number of nitrogens with one attached hydrogen (secondary N) is 3. The number of sulfone groups is 1. The lowest BCUT2D eigenvalue weighted by molar-refractivity contribution is -0.121. The third-order valence-electron chi connectivity index (χ3n) is 4.71. The largest absolute Gasteiger partial charge is 0.357 e. The molecule has 0 spiro atoms. The van der Waals surface area contributed by atoms with Gasteiger partial charge in [-0.2, -0.15) is 0 Å². The Balaban J connectivity index is 0.00000729. The molecule has 1 aliphatic rings. The SMILES string of the molecule is CCCCCC(C)(C)CN=C(NCC)NCCC(=O)NC1CCS(=O)(=O)C1.I. The number of hydrogen-bond acceptors (Lipinski definition) is 4. The highest BCUT2D eigenvalue weighted by molar-refractivity contribution is 14.0. The molecule has 0 aromatic rings. The molecule has 1 amide bonds. The van der Waals surface area contributed by atoms with Crippen LogP contribution in [0.2, 0.25) is 0 Å². The van der Waals surface area contributed by atoms with Gasteiger partial charge in [-0.05, 0) is 25.2 Å². The predicted octanol–water partition coefficient (Wildman–Crippen LogP) is 2.46. The summed E-state index contributed by atoms with van der Waals surface area (Å²) in [6, 6.07) is -0.242. The lowest BCUT2D eigenvalue weighted by atomic mass is 9.87. The van der Waals surface area contributed by atoms with Crippen molar-refractivity contribution in [3.8, 4) is 0 Å². The van der Waals surface area contributed by atoms with Gasteiger partial charge in [-0.15, -0.1) is 24.0 Å². The van der Waals surface area contributed by atoms with Crippen molar-refractivity contribution in [2.24, 2.45) is 10.4 Å². The summed E-state index contributed by atoms with van der Waals surface area (Å²) in [6.45, 7) is 10.6. The molecule has 3 N–H and O–H groups in total. The molecule has 1 heterocycles. The first-order valence-electron chi connectivity index (χ1n) is 10.2. The van der Waals surface area contributed by atoms with E-state index >= 15 is 0 Å². The van der Waals surface area contributed by atoms with Crippen LogP contribution in [0.15, 0.2) is 4.99 Å². The monoisotopic (exact) mass is 530 g/mol. The van der Waals surface area contributed by atoms with Gasteiger partial charge in [0, 0.05) is 32.1 Å². The van der Waals surface area contributed by atoms with Crippen LogP contribution >= 0.6 is 24.0 Å². The average Bonchev–Trinajstić information content (AvgIpc) is 2.91. The minimum Gasteiger partial charge on any atom is -0.357 e. The standard InChI is InChI=1S/C19H38N4O3S.HI/c1-5-7-8-11-19(3,4)15-22-18(20-6-2)21-12-9-17(24)23-16-10-13-27(25,26)14-16;/h16H,5-15H2,1-4H3,(H,23,24)(H2,20,21,22);1H. The third-order valence-corrected chi connectivity index (χ3v) is 6.48. The lowest BCUT2D eigenvalue weighted by Crippen LogP contribution is -2.41. The predicted molar refractivity (Wildman–Crippen MR) is 127 cm³/mol. The number of guanidine groups is 1. The molecule has 9 heteroatoms. The second-order valence-electron chi connectivity index (χ2n) is 8.16. The van der Waals surface area contributed by atoms with Crippen molar-refractivity contribution in [2.45, 2.75) is 72.3 Å². The van der Waals surface area contributed by atoms with E-state index in [1.165, 1.54) is 19.3 Å². The second kappa shape index (κ2) is 13.6. The summed E-state index contributed by atoms with van der Waals surface area (Å²) in [4.78, 5) is 16.7. The Morgan fingerprint density at radius 1 is 1.18 bits per heavy atom. The summed E-state index contributed by atoms with van der Waals surface area (Å²) < 4.78 is 22.9. The van der Waals surface area contributed by atoms with Crippen LogP contribution in [-0.4, -0.2) is 57.5 Å². The van der Waals surface area contributed by atoms with Gasteiger partial charge in [0.15, 0.2) is 15.8 Å². The van der Waals surface area contributed by atoms with Crippen LogP contribution in [0.5, 0.6) is 0 Å². The fourth-order valence-corrected chi connectivity index (χ4v) is 4.74. The molecule has 1 aliphatic heterocycles. The van der Waals surface area contributed by atoms with Crippen LogP contribution in [0, 0.1) is 5.41 Å². The maximum absolute atomic E-state index is 12.0. The van der Waals surface area contributed by atoms with E-state index in [4.69, 9.17) is 0 Å². The summed E-state index contributed by atoms with van der Waals surface area (Å²) in [7, 11) is -2.97. The van der Waals surface area contributed by atoms with Crippen molar-refractivity contribution in [1.82, 2.24) is 16.0 Å². The van der Waals surface area contributed by atoms with Gasteiger partial charge in [-0.25, -0.2) is 8.42 Å². The van der Waals surface area contributed by atoms with Gasteiger partial charge in [0.2, 0.25) is 5.91 Å².